The highest BCUT2D eigenvalue weighted by Crippen LogP contribution is 2.27. The van der Waals surface area contributed by atoms with E-state index < -0.39 is 0 Å². The molecular formula is C13H14N4O2. The maximum atomic E-state index is 10.5. The maximum Gasteiger partial charge on any atom is 0.211 e. The van der Waals surface area contributed by atoms with Gasteiger partial charge in [-0.2, -0.15) is 0 Å². The second-order valence-electron chi connectivity index (χ2n) is 4.31. The van der Waals surface area contributed by atoms with Crippen molar-refractivity contribution in [3.05, 3.63) is 24.7 Å². The lowest BCUT2D eigenvalue weighted by Crippen LogP contribution is -2.36. The molecule has 1 aliphatic rings. The molecule has 19 heavy (non-hydrogen) atoms. The van der Waals surface area contributed by atoms with Crippen molar-refractivity contribution in [2.75, 3.05) is 36.5 Å². The van der Waals surface area contributed by atoms with Crippen LogP contribution in [0.2, 0.25) is 0 Å². The lowest BCUT2D eigenvalue weighted by Gasteiger charge is -2.29. The Morgan fingerprint density at radius 2 is 2.11 bits per heavy atom. The normalized spacial score (nSPS) is 15.5. The minimum atomic E-state index is 0.651. The summed E-state index contributed by atoms with van der Waals surface area (Å²) in [6.45, 7) is 3.12. The molecule has 0 radical (unpaired) electrons. The summed E-state index contributed by atoms with van der Waals surface area (Å²) in [5.74, 6) is 0. The summed E-state index contributed by atoms with van der Waals surface area (Å²) >= 11 is 0. The third-order valence-electron chi connectivity index (χ3n) is 3.17. The summed E-state index contributed by atoms with van der Waals surface area (Å²) in [4.78, 5) is 21.3. The van der Waals surface area contributed by atoms with Crippen LogP contribution in [0.3, 0.4) is 0 Å². The summed E-state index contributed by atoms with van der Waals surface area (Å²) in [6.07, 6.45) is 5.84. The molecule has 98 valence electrons. The van der Waals surface area contributed by atoms with E-state index in [0.717, 1.165) is 42.9 Å². The predicted octanol–water partition coefficient (Wildman–Crippen LogP) is 1.03. The van der Waals surface area contributed by atoms with Gasteiger partial charge in [-0.05, 0) is 6.07 Å². The number of carbonyl (C=O) groups excluding carboxylic acids is 1. The molecule has 0 unspecified atom stereocenters. The van der Waals surface area contributed by atoms with Gasteiger partial charge in [-0.3, -0.25) is 14.8 Å². The second-order valence-corrected chi connectivity index (χ2v) is 4.31. The summed E-state index contributed by atoms with van der Waals surface area (Å²) in [5.41, 5.74) is 2.53. The fraction of sp³-hybridized carbons (Fsp3) is 0.308. The number of rotatable bonds is 3. The van der Waals surface area contributed by atoms with Crippen LogP contribution in [0.25, 0.3) is 10.9 Å². The molecule has 1 fully saturated rings. The van der Waals surface area contributed by atoms with Crippen LogP contribution in [0.4, 0.5) is 11.4 Å². The monoisotopic (exact) mass is 258 g/mol. The number of pyridine rings is 2. The molecule has 0 atom stereocenters. The smallest absolute Gasteiger partial charge is 0.211 e. The average molecular weight is 258 g/mol. The van der Waals surface area contributed by atoms with Crippen LogP contribution in [0.1, 0.15) is 0 Å². The highest BCUT2D eigenvalue weighted by atomic mass is 16.5. The van der Waals surface area contributed by atoms with E-state index in [1.54, 1.807) is 12.4 Å². The standard InChI is InChI=1S/C13H14N4O2/c18-9-16-10-5-11-12(15-6-10)7-14-8-13(11)17-1-3-19-4-2-17/h5-9H,1-4H2,(H,16,18). The van der Waals surface area contributed by atoms with E-state index in [1.165, 1.54) is 0 Å². The number of fused-ring (bicyclic) bond motifs is 1. The first kappa shape index (κ1) is 11.9. The van der Waals surface area contributed by atoms with Gasteiger partial charge in [0, 0.05) is 18.5 Å². The zero-order valence-corrected chi connectivity index (χ0v) is 10.4. The number of nitrogens with one attached hydrogen (secondary N) is 1. The molecular weight excluding hydrogens is 244 g/mol. The number of amides is 1. The molecule has 1 amide bonds. The van der Waals surface area contributed by atoms with E-state index in [0.29, 0.717) is 12.1 Å². The maximum absolute atomic E-state index is 10.5. The lowest BCUT2D eigenvalue weighted by molar-refractivity contribution is -0.105. The molecule has 3 heterocycles. The zero-order valence-electron chi connectivity index (χ0n) is 10.4. The van der Waals surface area contributed by atoms with Crippen molar-refractivity contribution in [1.82, 2.24) is 9.97 Å². The third kappa shape index (κ3) is 2.34. The van der Waals surface area contributed by atoms with Crippen LogP contribution in [-0.2, 0) is 9.53 Å². The van der Waals surface area contributed by atoms with E-state index in [1.807, 2.05) is 12.3 Å². The zero-order chi connectivity index (χ0) is 13.1. The average Bonchev–Trinajstić information content (AvgIpc) is 2.48. The van der Waals surface area contributed by atoms with E-state index >= 15 is 0 Å². The fourth-order valence-electron chi connectivity index (χ4n) is 2.23. The van der Waals surface area contributed by atoms with Crippen molar-refractivity contribution < 1.29 is 9.53 Å². The SMILES string of the molecule is O=CNc1cnc2cncc(N3CCOCC3)c2c1. The Balaban J connectivity index is 2.06. The Morgan fingerprint density at radius 3 is 2.89 bits per heavy atom. The predicted molar refractivity (Wildman–Crippen MR) is 72.3 cm³/mol. The minimum absolute atomic E-state index is 0.651. The Bertz CT molecular complexity index is 596. The summed E-state index contributed by atoms with van der Waals surface area (Å²) in [7, 11) is 0. The van der Waals surface area contributed by atoms with Gasteiger partial charge in [0.25, 0.3) is 0 Å². The van der Waals surface area contributed by atoms with E-state index in [-0.39, 0.29) is 0 Å². The quantitative estimate of drug-likeness (QED) is 0.833. The van der Waals surface area contributed by atoms with Crippen molar-refractivity contribution >= 4 is 28.7 Å². The number of morpholine rings is 1. The van der Waals surface area contributed by atoms with Gasteiger partial charge in [0.1, 0.15) is 0 Å². The van der Waals surface area contributed by atoms with Crippen molar-refractivity contribution in [3.8, 4) is 0 Å². The number of hydrogen-bond acceptors (Lipinski definition) is 5. The molecule has 0 aliphatic carbocycles. The van der Waals surface area contributed by atoms with Crippen molar-refractivity contribution in [2.45, 2.75) is 0 Å². The molecule has 2 aromatic heterocycles. The molecule has 0 spiro atoms. The van der Waals surface area contributed by atoms with Crippen LogP contribution in [0.15, 0.2) is 24.7 Å². The van der Waals surface area contributed by atoms with Crippen LogP contribution in [0.5, 0.6) is 0 Å². The van der Waals surface area contributed by atoms with Crippen LogP contribution in [-0.4, -0.2) is 42.7 Å². The number of ether oxygens (including phenoxy) is 1. The first-order valence-corrected chi connectivity index (χ1v) is 6.15. The fourth-order valence-corrected chi connectivity index (χ4v) is 2.23. The van der Waals surface area contributed by atoms with Crippen LogP contribution < -0.4 is 10.2 Å². The van der Waals surface area contributed by atoms with Gasteiger partial charge in [-0.1, -0.05) is 0 Å². The first-order valence-electron chi connectivity index (χ1n) is 6.15. The Hall–Kier alpha value is -2.21. The number of nitrogens with zero attached hydrogens (tertiary/aromatic N) is 3. The Kier molecular flexibility index (Phi) is 3.24. The number of aromatic nitrogens is 2. The summed E-state index contributed by atoms with van der Waals surface area (Å²) in [5, 5.41) is 3.61. The molecule has 1 N–H and O–H groups in total. The number of carbonyl (C=O) groups is 1. The molecule has 0 saturated carbocycles. The summed E-state index contributed by atoms with van der Waals surface area (Å²) < 4.78 is 5.36. The molecule has 2 aromatic rings. The molecule has 6 heteroatoms. The van der Waals surface area contributed by atoms with Crippen molar-refractivity contribution in [3.63, 3.8) is 0 Å². The van der Waals surface area contributed by atoms with Gasteiger partial charge in [0.05, 0.1) is 48.7 Å². The molecule has 1 aliphatic heterocycles. The Morgan fingerprint density at radius 1 is 1.26 bits per heavy atom. The number of anilines is 2. The summed E-state index contributed by atoms with van der Waals surface area (Å²) in [6, 6.07) is 1.92. The molecule has 3 rings (SSSR count). The van der Waals surface area contributed by atoms with Gasteiger partial charge in [-0.25, -0.2) is 0 Å². The van der Waals surface area contributed by atoms with E-state index in [4.69, 9.17) is 4.74 Å². The molecule has 1 saturated heterocycles. The van der Waals surface area contributed by atoms with Crippen LogP contribution >= 0.6 is 0 Å². The first-order chi connectivity index (χ1) is 9.38. The molecule has 0 bridgehead atoms. The van der Waals surface area contributed by atoms with Crippen molar-refractivity contribution in [2.24, 2.45) is 0 Å². The topological polar surface area (TPSA) is 67.4 Å². The van der Waals surface area contributed by atoms with Gasteiger partial charge in [0.15, 0.2) is 0 Å². The largest absolute Gasteiger partial charge is 0.378 e. The van der Waals surface area contributed by atoms with Crippen molar-refractivity contribution in [1.29, 1.82) is 0 Å². The van der Waals surface area contributed by atoms with Gasteiger partial charge in [0.2, 0.25) is 6.41 Å². The highest BCUT2D eigenvalue weighted by Gasteiger charge is 2.14. The number of hydrogen-bond donors (Lipinski definition) is 1. The van der Waals surface area contributed by atoms with Gasteiger partial charge in [-0.15, -0.1) is 0 Å². The molecule has 0 aromatic carbocycles. The third-order valence-corrected chi connectivity index (χ3v) is 3.17. The molecule has 6 nitrogen and oxygen atoms in total. The van der Waals surface area contributed by atoms with Gasteiger partial charge >= 0.3 is 0 Å². The van der Waals surface area contributed by atoms with E-state index in [9.17, 15) is 4.79 Å². The minimum Gasteiger partial charge on any atom is -0.378 e. The van der Waals surface area contributed by atoms with E-state index in [2.05, 4.69) is 20.2 Å². The Labute approximate surface area is 110 Å². The highest BCUT2D eigenvalue weighted by molar-refractivity contribution is 5.93. The van der Waals surface area contributed by atoms with Gasteiger partial charge < -0.3 is 15.0 Å². The second kappa shape index (κ2) is 5.19. The lowest BCUT2D eigenvalue weighted by atomic mass is 10.2. The van der Waals surface area contributed by atoms with Crippen LogP contribution in [0, 0.1) is 0 Å².